The summed E-state index contributed by atoms with van der Waals surface area (Å²) < 4.78 is 5.02. The fraction of sp³-hybridized carbons (Fsp3) is 0.0909. The third kappa shape index (κ3) is 1.86. The number of nitrogens with one attached hydrogen (secondary N) is 1. The maximum atomic E-state index is 5.88. The topological polar surface area (TPSA) is 77.2 Å². The van der Waals surface area contributed by atoms with E-state index >= 15 is 0 Å². The number of hydrogen-bond acceptors (Lipinski definition) is 4. The summed E-state index contributed by atoms with van der Waals surface area (Å²) in [6.45, 7) is 0. The second-order valence-electron chi connectivity index (χ2n) is 3.29. The van der Waals surface area contributed by atoms with Crippen LogP contribution in [0.5, 0.6) is 0 Å². The molecule has 4 nitrogen and oxygen atoms in total. The van der Waals surface area contributed by atoms with Crippen molar-refractivity contribution in [1.82, 2.24) is 5.43 Å². The predicted octanol–water partition coefficient (Wildman–Crippen LogP) is 1.41. The van der Waals surface area contributed by atoms with Crippen molar-refractivity contribution in [3.8, 4) is 0 Å². The van der Waals surface area contributed by atoms with E-state index in [-0.39, 0.29) is 6.04 Å². The molecule has 0 saturated carbocycles. The minimum absolute atomic E-state index is 0.134. The van der Waals surface area contributed by atoms with Gasteiger partial charge >= 0.3 is 0 Å². The van der Waals surface area contributed by atoms with E-state index in [1.54, 1.807) is 12.5 Å². The van der Waals surface area contributed by atoms with Crippen LogP contribution in [0.4, 0.5) is 5.69 Å². The Balaban J connectivity index is 2.40. The Morgan fingerprint density at radius 2 is 2.00 bits per heavy atom. The minimum atomic E-state index is -0.134. The molecular weight excluding hydrogens is 190 g/mol. The highest BCUT2D eigenvalue weighted by Crippen LogP contribution is 2.25. The highest BCUT2D eigenvalue weighted by atomic mass is 16.3. The molecule has 1 aromatic carbocycles. The van der Waals surface area contributed by atoms with Gasteiger partial charge in [-0.25, -0.2) is 5.43 Å². The van der Waals surface area contributed by atoms with Crippen LogP contribution >= 0.6 is 0 Å². The van der Waals surface area contributed by atoms with E-state index in [0.29, 0.717) is 5.69 Å². The molecule has 1 unspecified atom stereocenters. The molecular formula is C11H13N3O. The van der Waals surface area contributed by atoms with Crippen molar-refractivity contribution in [2.45, 2.75) is 6.04 Å². The molecule has 0 radical (unpaired) electrons. The van der Waals surface area contributed by atoms with Crippen molar-refractivity contribution in [2.24, 2.45) is 5.84 Å². The number of benzene rings is 1. The number of para-hydroxylation sites is 1. The van der Waals surface area contributed by atoms with Crippen molar-refractivity contribution in [1.29, 1.82) is 0 Å². The number of hydrazine groups is 1. The average Bonchev–Trinajstić information content (AvgIpc) is 2.75. The Morgan fingerprint density at radius 1 is 1.20 bits per heavy atom. The van der Waals surface area contributed by atoms with Gasteiger partial charge in [0.2, 0.25) is 0 Å². The molecule has 0 saturated heterocycles. The smallest absolute Gasteiger partial charge is 0.0954 e. The van der Waals surface area contributed by atoms with Crippen molar-refractivity contribution in [2.75, 3.05) is 5.73 Å². The molecule has 5 N–H and O–H groups in total. The normalized spacial score (nSPS) is 12.6. The number of hydrogen-bond donors (Lipinski definition) is 3. The Labute approximate surface area is 87.8 Å². The van der Waals surface area contributed by atoms with E-state index in [4.69, 9.17) is 16.0 Å². The highest BCUT2D eigenvalue weighted by molar-refractivity contribution is 5.50. The molecule has 4 heteroatoms. The van der Waals surface area contributed by atoms with Crippen LogP contribution in [0.15, 0.2) is 47.3 Å². The highest BCUT2D eigenvalue weighted by Gasteiger charge is 2.15. The largest absolute Gasteiger partial charge is 0.472 e. The van der Waals surface area contributed by atoms with Gasteiger partial charge in [0.15, 0.2) is 0 Å². The van der Waals surface area contributed by atoms with Gasteiger partial charge in [-0.2, -0.15) is 0 Å². The second kappa shape index (κ2) is 4.16. The summed E-state index contributed by atoms with van der Waals surface area (Å²) in [4.78, 5) is 0. The lowest BCUT2D eigenvalue weighted by Gasteiger charge is -2.16. The van der Waals surface area contributed by atoms with E-state index in [2.05, 4.69) is 5.43 Å². The summed E-state index contributed by atoms with van der Waals surface area (Å²) in [6.07, 6.45) is 3.26. The van der Waals surface area contributed by atoms with E-state index in [9.17, 15) is 0 Å². The molecule has 15 heavy (non-hydrogen) atoms. The van der Waals surface area contributed by atoms with Gasteiger partial charge in [0.05, 0.1) is 18.6 Å². The van der Waals surface area contributed by atoms with Crippen LogP contribution in [0, 0.1) is 0 Å². The van der Waals surface area contributed by atoms with Crippen molar-refractivity contribution in [3.05, 3.63) is 54.0 Å². The van der Waals surface area contributed by atoms with E-state index in [1.165, 1.54) is 0 Å². The third-order valence-corrected chi connectivity index (χ3v) is 2.35. The van der Waals surface area contributed by atoms with Gasteiger partial charge in [-0.15, -0.1) is 0 Å². The SMILES string of the molecule is NNC(c1ccoc1)c1ccccc1N. The molecule has 0 fully saturated rings. The molecule has 2 rings (SSSR count). The first-order valence-electron chi connectivity index (χ1n) is 4.65. The fourth-order valence-corrected chi connectivity index (χ4v) is 1.58. The number of furan rings is 1. The molecule has 0 bridgehead atoms. The van der Waals surface area contributed by atoms with E-state index in [0.717, 1.165) is 11.1 Å². The first-order valence-corrected chi connectivity index (χ1v) is 4.65. The summed E-state index contributed by atoms with van der Waals surface area (Å²) in [6, 6.07) is 9.33. The quantitative estimate of drug-likeness (QED) is 0.400. The van der Waals surface area contributed by atoms with E-state index in [1.807, 2.05) is 30.3 Å². The summed E-state index contributed by atoms with van der Waals surface area (Å²) >= 11 is 0. The van der Waals surface area contributed by atoms with Crippen LogP contribution in [-0.2, 0) is 0 Å². The first-order chi connectivity index (χ1) is 7.33. The molecule has 1 atom stereocenters. The Bertz CT molecular complexity index is 425. The summed E-state index contributed by atoms with van der Waals surface area (Å²) in [5.41, 5.74) is 11.2. The molecule has 2 aromatic rings. The van der Waals surface area contributed by atoms with Crippen molar-refractivity contribution >= 4 is 5.69 Å². The summed E-state index contributed by atoms with van der Waals surface area (Å²) in [5.74, 6) is 5.52. The molecule has 1 heterocycles. The molecule has 0 amide bonds. The maximum absolute atomic E-state index is 5.88. The standard InChI is InChI=1S/C11H13N3O/c12-10-4-2-1-3-9(10)11(14-13)8-5-6-15-7-8/h1-7,11,14H,12-13H2. The second-order valence-corrected chi connectivity index (χ2v) is 3.29. The van der Waals surface area contributed by atoms with Crippen LogP contribution in [0.25, 0.3) is 0 Å². The number of nitrogen functional groups attached to an aromatic ring is 1. The zero-order valence-electron chi connectivity index (χ0n) is 8.18. The molecule has 0 aliphatic rings. The lowest BCUT2D eigenvalue weighted by Crippen LogP contribution is -2.29. The molecule has 1 aromatic heterocycles. The van der Waals surface area contributed by atoms with Crippen molar-refractivity contribution < 1.29 is 4.42 Å². The van der Waals surface area contributed by atoms with Gasteiger partial charge < -0.3 is 10.2 Å². The van der Waals surface area contributed by atoms with Crippen LogP contribution in [0.3, 0.4) is 0 Å². The van der Waals surface area contributed by atoms with Crippen LogP contribution < -0.4 is 17.0 Å². The average molecular weight is 203 g/mol. The van der Waals surface area contributed by atoms with Crippen LogP contribution in [0.2, 0.25) is 0 Å². The Kier molecular flexibility index (Phi) is 2.71. The molecule has 0 aliphatic heterocycles. The zero-order valence-corrected chi connectivity index (χ0v) is 8.18. The van der Waals surface area contributed by atoms with E-state index < -0.39 is 0 Å². The molecule has 78 valence electrons. The fourth-order valence-electron chi connectivity index (χ4n) is 1.58. The summed E-state index contributed by atoms with van der Waals surface area (Å²) in [7, 11) is 0. The van der Waals surface area contributed by atoms with Gasteiger partial charge in [-0.1, -0.05) is 18.2 Å². The van der Waals surface area contributed by atoms with Gasteiger partial charge in [0.1, 0.15) is 0 Å². The Morgan fingerprint density at radius 3 is 2.60 bits per heavy atom. The maximum Gasteiger partial charge on any atom is 0.0954 e. The van der Waals surface area contributed by atoms with Crippen LogP contribution in [0.1, 0.15) is 17.2 Å². The molecule has 0 spiro atoms. The zero-order chi connectivity index (χ0) is 10.7. The predicted molar refractivity (Wildman–Crippen MR) is 58.7 cm³/mol. The monoisotopic (exact) mass is 203 g/mol. The van der Waals surface area contributed by atoms with Crippen LogP contribution in [-0.4, -0.2) is 0 Å². The number of rotatable bonds is 3. The molecule has 0 aliphatic carbocycles. The minimum Gasteiger partial charge on any atom is -0.472 e. The number of anilines is 1. The summed E-state index contributed by atoms with van der Waals surface area (Å²) in [5, 5.41) is 0. The van der Waals surface area contributed by atoms with Gasteiger partial charge in [0, 0.05) is 11.3 Å². The van der Waals surface area contributed by atoms with Gasteiger partial charge in [-0.3, -0.25) is 5.84 Å². The number of nitrogens with two attached hydrogens (primary N) is 2. The van der Waals surface area contributed by atoms with Gasteiger partial charge in [-0.05, 0) is 17.7 Å². The lowest BCUT2D eigenvalue weighted by molar-refractivity contribution is 0.553. The third-order valence-electron chi connectivity index (χ3n) is 2.35. The lowest BCUT2D eigenvalue weighted by atomic mass is 10.0. The first kappa shape index (κ1) is 9.76. The van der Waals surface area contributed by atoms with Crippen molar-refractivity contribution in [3.63, 3.8) is 0 Å². The Hall–Kier alpha value is -1.78. The van der Waals surface area contributed by atoms with Gasteiger partial charge in [0.25, 0.3) is 0 Å².